The number of hydrogen-bond donors (Lipinski definition) is 0. The zero-order chi connectivity index (χ0) is 24.8. The van der Waals surface area contributed by atoms with Gasteiger partial charge in [0, 0.05) is 37.3 Å². The summed E-state index contributed by atoms with van der Waals surface area (Å²) in [5.74, 6) is 3.91. The van der Waals surface area contributed by atoms with Crippen molar-refractivity contribution in [1.82, 2.24) is 19.6 Å². The van der Waals surface area contributed by atoms with Gasteiger partial charge in [0.2, 0.25) is 0 Å². The third kappa shape index (κ3) is 7.92. The van der Waals surface area contributed by atoms with Crippen molar-refractivity contribution in [2.75, 3.05) is 54.4 Å². The van der Waals surface area contributed by atoms with E-state index in [4.69, 9.17) is 0 Å². The molecule has 7 aliphatic rings. The van der Waals surface area contributed by atoms with Gasteiger partial charge < -0.3 is 19.6 Å². The van der Waals surface area contributed by atoms with Gasteiger partial charge in [-0.15, -0.1) is 0 Å². The monoisotopic (exact) mass is 476 g/mol. The summed E-state index contributed by atoms with van der Waals surface area (Å²) in [6, 6.07) is 3.64. The Morgan fingerprint density at radius 3 is 1.68 bits per heavy atom. The SMILES string of the molecule is CC1CC2CCC1N(C)C2.CC1CCC2CCC1N2C.CC1CCCN1C.CC1CCN(C)C1. The molecule has 4 bridgehead atoms. The molecule has 4 heteroatoms. The van der Waals surface area contributed by atoms with Gasteiger partial charge in [0.05, 0.1) is 0 Å². The van der Waals surface area contributed by atoms with Crippen LogP contribution in [-0.4, -0.2) is 98.1 Å². The molecule has 1 aliphatic carbocycles. The van der Waals surface area contributed by atoms with Crippen molar-refractivity contribution < 1.29 is 0 Å². The number of fused-ring (bicyclic) bond motifs is 5. The molecule has 1 saturated carbocycles. The van der Waals surface area contributed by atoms with Crippen LogP contribution >= 0.6 is 0 Å². The summed E-state index contributed by atoms with van der Waals surface area (Å²) in [6.07, 6.45) is 14.5. The third-order valence-electron chi connectivity index (χ3n) is 10.4. The second kappa shape index (κ2) is 13.4. The molecule has 0 aromatic heterocycles. The smallest absolute Gasteiger partial charge is 0.0121 e. The van der Waals surface area contributed by atoms with Crippen LogP contribution in [0.1, 0.15) is 91.9 Å². The summed E-state index contributed by atoms with van der Waals surface area (Å²) in [5, 5.41) is 0. The minimum atomic E-state index is 0.847. The summed E-state index contributed by atoms with van der Waals surface area (Å²) in [5.41, 5.74) is 0. The van der Waals surface area contributed by atoms with Crippen LogP contribution in [0.25, 0.3) is 0 Å². The maximum atomic E-state index is 2.61. The molecule has 200 valence electrons. The fourth-order valence-electron chi connectivity index (χ4n) is 7.81. The second-order valence-corrected chi connectivity index (χ2v) is 13.3. The minimum Gasteiger partial charge on any atom is -0.306 e. The van der Waals surface area contributed by atoms with Gasteiger partial charge >= 0.3 is 0 Å². The molecular weight excluding hydrogens is 416 g/mol. The number of piperidine rings is 3. The van der Waals surface area contributed by atoms with Crippen molar-refractivity contribution in [1.29, 1.82) is 0 Å². The Balaban J connectivity index is 0.000000129. The molecule has 0 aromatic rings. The molecular formula is C30H60N4. The highest BCUT2D eigenvalue weighted by atomic mass is 15.2. The van der Waals surface area contributed by atoms with E-state index in [1.165, 1.54) is 90.4 Å². The van der Waals surface area contributed by atoms with Crippen LogP contribution in [0.4, 0.5) is 0 Å². The molecule has 6 saturated heterocycles. The fraction of sp³-hybridized carbons (Fsp3) is 1.00. The summed E-state index contributed by atoms with van der Waals surface area (Å²) in [7, 11) is 8.96. The van der Waals surface area contributed by atoms with Crippen LogP contribution in [0.15, 0.2) is 0 Å². The number of hydrogen-bond acceptors (Lipinski definition) is 4. The van der Waals surface area contributed by atoms with E-state index in [1.54, 1.807) is 0 Å². The molecule has 6 aliphatic heterocycles. The Morgan fingerprint density at radius 1 is 0.588 bits per heavy atom. The maximum Gasteiger partial charge on any atom is 0.0121 e. The molecule has 7 rings (SSSR count). The van der Waals surface area contributed by atoms with Crippen LogP contribution in [0.3, 0.4) is 0 Å². The third-order valence-corrected chi connectivity index (χ3v) is 10.4. The first-order chi connectivity index (χ1) is 16.2. The molecule has 7 fully saturated rings. The van der Waals surface area contributed by atoms with E-state index in [0.29, 0.717) is 0 Å². The topological polar surface area (TPSA) is 13.0 Å². The Morgan fingerprint density at radius 2 is 1.29 bits per heavy atom. The number of nitrogens with zero attached hydrogens (tertiary/aromatic N) is 4. The van der Waals surface area contributed by atoms with Crippen LogP contribution in [0.2, 0.25) is 0 Å². The molecule has 6 heterocycles. The molecule has 0 radical (unpaired) electrons. The van der Waals surface area contributed by atoms with E-state index < -0.39 is 0 Å². The lowest BCUT2D eigenvalue weighted by Crippen LogP contribution is -2.50. The normalized spacial score (nSPS) is 42.4. The summed E-state index contributed by atoms with van der Waals surface area (Å²) < 4.78 is 0. The zero-order valence-corrected chi connectivity index (χ0v) is 24.3. The summed E-state index contributed by atoms with van der Waals surface area (Å²) >= 11 is 0. The van der Waals surface area contributed by atoms with Crippen LogP contribution in [0, 0.1) is 23.7 Å². The molecule has 0 N–H and O–H groups in total. The lowest BCUT2D eigenvalue weighted by atomic mass is 9.74. The highest BCUT2D eigenvalue weighted by molar-refractivity contribution is 4.93. The second-order valence-electron chi connectivity index (χ2n) is 13.3. The molecule has 8 atom stereocenters. The van der Waals surface area contributed by atoms with Crippen molar-refractivity contribution in [2.24, 2.45) is 23.7 Å². The van der Waals surface area contributed by atoms with E-state index in [2.05, 4.69) is 75.5 Å². The van der Waals surface area contributed by atoms with Crippen molar-refractivity contribution >= 4 is 0 Å². The van der Waals surface area contributed by atoms with Crippen LogP contribution < -0.4 is 0 Å². The highest BCUT2D eigenvalue weighted by Gasteiger charge is 2.38. The molecule has 0 aromatic carbocycles. The fourth-order valence-corrected chi connectivity index (χ4v) is 7.81. The molecule has 4 nitrogen and oxygen atoms in total. The van der Waals surface area contributed by atoms with E-state index in [1.807, 2.05) is 0 Å². The standard InChI is InChI=1S/2C9H17N.2C6H13N/c1-7-5-8-3-4-9(7)10(2)6-8;1-7-3-4-8-5-6-9(7)10(8)2;1-6-3-4-7(2)5-6;1-6-4-3-5-7(6)2/h2*7-9H,3-6H2,1-2H3;2*6H,3-5H2,1-2H3. The summed E-state index contributed by atoms with van der Waals surface area (Å²) in [6.45, 7) is 14.7. The van der Waals surface area contributed by atoms with Gasteiger partial charge in [0.1, 0.15) is 0 Å². The largest absolute Gasteiger partial charge is 0.306 e. The van der Waals surface area contributed by atoms with Gasteiger partial charge in [-0.05, 0) is 136 Å². The molecule has 0 spiro atoms. The van der Waals surface area contributed by atoms with Gasteiger partial charge in [-0.25, -0.2) is 0 Å². The lowest BCUT2D eigenvalue weighted by molar-refractivity contribution is 0.0280. The Hall–Kier alpha value is -0.160. The van der Waals surface area contributed by atoms with Gasteiger partial charge in [0.15, 0.2) is 0 Å². The Bertz CT molecular complexity index is 549. The van der Waals surface area contributed by atoms with Crippen molar-refractivity contribution in [2.45, 2.75) is 116 Å². The highest BCUT2D eigenvalue weighted by Crippen LogP contribution is 2.38. The van der Waals surface area contributed by atoms with Crippen molar-refractivity contribution in [3.05, 3.63) is 0 Å². The van der Waals surface area contributed by atoms with Crippen molar-refractivity contribution in [3.63, 3.8) is 0 Å². The number of rotatable bonds is 0. The molecule has 8 unspecified atom stereocenters. The first-order valence-electron chi connectivity index (χ1n) is 15.0. The molecule has 0 amide bonds. The van der Waals surface area contributed by atoms with E-state index in [-0.39, 0.29) is 0 Å². The first kappa shape index (κ1) is 28.4. The predicted molar refractivity (Wildman–Crippen MR) is 148 cm³/mol. The van der Waals surface area contributed by atoms with Gasteiger partial charge in [-0.2, -0.15) is 0 Å². The summed E-state index contributed by atoms with van der Waals surface area (Å²) in [4.78, 5) is 9.95. The average Bonchev–Trinajstić information content (AvgIpc) is 3.43. The zero-order valence-electron chi connectivity index (χ0n) is 24.3. The predicted octanol–water partition coefficient (Wildman–Crippen LogP) is 5.67. The Labute approximate surface area is 213 Å². The van der Waals surface area contributed by atoms with E-state index in [0.717, 1.165) is 47.8 Å². The van der Waals surface area contributed by atoms with Crippen LogP contribution in [-0.2, 0) is 0 Å². The lowest BCUT2D eigenvalue weighted by Gasteiger charge is -2.47. The average molecular weight is 477 g/mol. The first-order valence-corrected chi connectivity index (χ1v) is 15.0. The Kier molecular flexibility index (Phi) is 11.2. The maximum absolute atomic E-state index is 2.61. The van der Waals surface area contributed by atoms with E-state index in [9.17, 15) is 0 Å². The van der Waals surface area contributed by atoms with Gasteiger partial charge in [0.25, 0.3) is 0 Å². The van der Waals surface area contributed by atoms with Gasteiger partial charge in [-0.3, -0.25) is 0 Å². The van der Waals surface area contributed by atoms with Crippen molar-refractivity contribution in [3.8, 4) is 0 Å². The minimum absolute atomic E-state index is 0.847. The van der Waals surface area contributed by atoms with E-state index >= 15 is 0 Å². The van der Waals surface area contributed by atoms with Crippen LogP contribution in [0.5, 0.6) is 0 Å². The van der Waals surface area contributed by atoms with Gasteiger partial charge in [-0.1, -0.05) is 20.8 Å². The quantitative estimate of drug-likeness (QED) is 0.446. The number of likely N-dealkylation sites (tertiary alicyclic amines) is 2. The molecule has 34 heavy (non-hydrogen) atoms.